The Bertz CT molecular complexity index is 1130. The number of carbonyl (C=O) groups excluding carboxylic acids is 2. The molecule has 0 radical (unpaired) electrons. The van der Waals surface area contributed by atoms with Gasteiger partial charge in [0.05, 0.1) is 7.11 Å². The molecule has 3 aromatic rings. The molecule has 3 aromatic carbocycles. The average Bonchev–Trinajstić information content (AvgIpc) is 3.69. The van der Waals surface area contributed by atoms with Gasteiger partial charge < -0.3 is 19.4 Å². The van der Waals surface area contributed by atoms with Crippen LogP contribution in [-0.4, -0.2) is 30.7 Å². The van der Waals surface area contributed by atoms with E-state index in [-0.39, 0.29) is 6.54 Å². The zero-order chi connectivity index (χ0) is 23.3. The van der Waals surface area contributed by atoms with Crippen LogP contribution in [0.1, 0.15) is 18.4 Å². The van der Waals surface area contributed by atoms with Crippen molar-refractivity contribution >= 4 is 29.6 Å². The Morgan fingerprint density at radius 1 is 0.879 bits per heavy atom. The first kappa shape index (κ1) is 22.8. The highest BCUT2D eigenvalue weighted by Crippen LogP contribution is 2.68. The SMILES string of the molecule is COc1ccccc1CNC(=O)COC(=O)C1(P(=O)(c2ccccc2)c2ccccc2)CC1. The number of ether oxygens (including phenoxy) is 2. The Morgan fingerprint density at radius 2 is 1.42 bits per heavy atom. The molecular formula is C26H26NO5P. The van der Waals surface area contributed by atoms with Gasteiger partial charge >= 0.3 is 5.97 Å². The molecule has 0 unspecified atom stereocenters. The third kappa shape index (κ3) is 4.44. The predicted molar refractivity (Wildman–Crippen MR) is 128 cm³/mol. The summed E-state index contributed by atoms with van der Waals surface area (Å²) in [6.07, 6.45) is 0.908. The molecule has 1 aliphatic rings. The lowest BCUT2D eigenvalue weighted by Gasteiger charge is -2.27. The Morgan fingerprint density at radius 3 is 1.97 bits per heavy atom. The normalized spacial score (nSPS) is 14.2. The van der Waals surface area contributed by atoms with E-state index >= 15 is 0 Å². The van der Waals surface area contributed by atoms with Crippen LogP contribution in [0.2, 0.25) is 0 Å². The lowest BCUT2D eigenvalue weighted by atomic mass is 10.2. The molecule has 7 heteroatoms. The van der Waals surface area contributed by atoms with Crippen LogP contribution in [-0.2, 0) is 25.4 Å². The van der Waals surface area contributed by atoms with Gasteiger partial charge in [0.2, 0.25) is 0 Å². The van der Waals surface area contributed by atoms with E-state index in [1.165, 1.54) is 0 Å². The lowest BCUT2D eigenvalue weighted by molar-refractivity contribution is -0.148. The first-order valence-corrected chi connectivity index (χ1v) is 12.5. The number of amides is 1. The highest BCUT2D eigenvalue weighted by molar-refractivity contribution is 7.81. The van der Waals surface area contributed by atoms with E-state index in [1.54, 1.807) is 31.4 Å². The first-order chi connectivity index (χ1) is 16.0. The quantitative estimate of drug-likeness (QED) is 0.389. The number of nitrogens with one attached hydrogen (secondary N) is 1. The summed E-state index contributed by atoms with van der Waals surface area (Å²) in [7, 11) is -1.76. The molecule has 4 rings (SSSR count). The van der Waals surface area contributed by atoms with E-state index in [9.17, 15) is 14.2 Å². The average molecular weight is 463 g/mol. The van der Waals surface area contributed by atoms with Crippen LogP contribution in [0.4, 0.5) is 0 Å². The van der Waals surface area contributed by atoms with Gasteiger partial charge in [-0.2, -0.15) is 0 Å². The van der Waals surface area contributed by atoms with Crippen LogP contribution >= 0.6 is 7.14 Å². The van der Waals surface area contributed by atoms with Crippen LogP contribution in [0.3, 0.4) is 0 Å². The molecule has 0 aromatic heterocycles. The van der Waals surface area contributed by atoms with E-state index in [2.05, 4.69) is 5.32 Å². The summed E-state index contributed by atoms with van der Waals surface area (Å²) >= 11 is 0. The van der Waals surface area contributed by atoms with Crippen LogP contribution in [0.15, 0.2) is 84.9 Å². The zero-order valence-electron chi connectivity index (χ0n) is 18.4. The number of hydrogen-bond donors (Lipinski definition) is 1. The van der Waals surface area contributed by atoms with Crippen molar-refractivity contribution in [1.29, 1.82) is 0 Å². The third-order valence-electron chi connectivity index (χ3n) is 5.95. The number of hydrogen-bond acceptors (Lipinski definition) is 5. The second kappa shape index (κ2) is 9.63. The van der Waals surface area contributed by atoms with Crippen molar-refractivity contribution in [3.8, 4) is 5.75 Å². The largest absolute Gasteiger partial charge is 0.496 e. The van der Waals surface area contributed by atoms with Gasteiger partial charge in [-0.3, -0.25) is 9.59 Å². The molecule has 0 atom stereocenters. The molecule has 6 nitrogen and oxygen atoms in total. The fourth-order valence-corrected chi connectivity index (χ4v) is 7.58. The van der Waals surface area contributed by atoms with Gasteiger partial charge in [0, 0.05) is 22.7 Å². The second-order valence-electron chi connectivity index (χ2n) is 7.98. The molecule has 0 bridgehead atoms. The van der Waals surface area contributed by atoms with Crippen molar-refractivity contribution in [2.75, 3.05) is 13.7 Å². The zero-order valence-corrected chi connectivity index (χ0v) is 19.3. The summed E-state index contributed by atoms with van der Waals surface area (Å²) in [5.41, 5.74) is 0.816. The van der Waals surface area contributed by atoms with Gasteiger partial charge in [0.25, 0.3) is 5.91 Å². The van der Waals surface area contributed by atoms with Crippen molar-refractivity contribution < 1.29 is 23.6 Å². The van der Waals surface area contributed by atoms with Crippen LogP contribution in [0.5, 0.6) is 5.75 Å². The molecule has 0 heterocycles. The third-order valence-corrected chi connectivity index (χ3v) is 9.83. The molecule has 170 valence electrons. The topological polar surface area (TPSA) is 81.7 Å². The fourth-order valence-electron chi connectivity index (χ4n) is 4.04. The minimum absolute atomic E-state index is 0.248. The molecule has 1 fully saturated rings. The summed E-state index contributed by atoms with van der Waals surface area (Å²) in [5.74, 6) is -0.358. The molecule has 1 aliphatic carbocycles. The molecule has 1 N–H and O–H groups in total. The summed E-state index contributed by atoms with van der Waals surface area (Å²) < 4.78 is 25.2. The Balaban J connectivity index is 1.48. The van der Waals surface area contributed by atoms with Crippen molar-refractivity contribution in [3.05, 3.63) is 90.5 Å². The Hall–Kier alpha value is -3.37. The van der Waals surface area contributed by atoms with E-state index in [1.807, 2.05) is 60.7 Å². The molecule has 33 heavy (non-hydrogen) atoms. The summed E-state index contributed by atoms with van der Waals surface area (Å²) in [6, 6.07) is 25.5. The van der Waals surface area contributed by atoms with Crippen molar-refractivity contribution in [1.82, 2.24) is 5.32 Å². The number of para-hydroxylation sites is 1. The Labute approximate surface area is 193 Å². The van der Waals surface area contributed by atoms with Gasteiger partial charge in [0.15, 0.2) is 13.7 Å². The van der Waals surface area contributed by atoms with E-state index < -0.39 is 30.8 Å². The van der Waals surface area contributed by atoms with Crippen LogP contribution < -0.4 is 20.7 Å². The number of carbonyl (C=O) groups is 2. The van der Waals surface area contributed by atoms with Gasteiger partial charge in [-0.15, -0.1) is 0 Å². The molecule has 0 spiro atoms. The van der Waals surface area contributed by atoms with E-state index in [0.29, 0.717) is 29.2 Å². The van der Waals surface area contributed by atoms with Crippen molar-refractivity contribution in [2.24, 2.45) is 0 Å². The maximum absolute atomic E-state index is 14.6. The fraction of sp³-hybridized carbons (Fsp3) is 0.231. The van der Waals surface area contributed by atoms with Gasteiger partial charge in [-0.05, 0) is 18.9 Å². The first-order valence-electron chi connectivity index (χ1n) is 10.8. The minimum Gasteiger partial charge on any atom is -0.496 e. The van der Waals surface area contributed by atoms with Crippen LogP contribution in [0.25, 0.3) is 0 Å². The predicted octanol–water partition coefficient (Wildman–Crippen LogP) is 3.40. The van der Waals surface area contributed by atoms with Gasteiger partial charge in [0.1, 0.15) is 10.9 Å². The summed E-state index contributed by atoms with van der Waals surface area (Å²) in [5, 5.41) is 2.83. The van der Waals surface area contributed by atoms with E-state index in [4.69, 9.17) is 9.47 Å². The molecule has 1 saturated carbocycles. The molecule has 1 amide bonds. The monoisotopic (exact) mass is 463 g/mol. The van der Waals surface area contributed by atoms with Crippen molar-refractivity contribution in [2.45, 2.75) is 24.5 Å². The molecule has 0 saturated heterocycles. The van der Waals surface area contributed by atoms with Gasteiger partial charge in [-0.1, -0.05) is 78.9 Å². The minimum atomic E-state index is -3.33. The standard InChI is InChI=1S/C26H26NO5P/c1-31-23-15-9-8-10-20(23)18-27-24(28)19-32-25(29)26(16-17-26)33(30,21-11-4-2-5-12-21)22-13-6-3-7-14-22/h2-15H,16-19H2,1H3,(H,27,28). The van der Waals surface area contributed by atoms with Crippen molar-refractivity contribution in [3.63, 3.8) is 0 Å². The maximum atomic E-state index is 14.6. The number of benzene rings is 3. The summed E-state index contributed by atoms with van der Waals surface area (Å²) in [6.45, 7) is -0.183. The van der Waals surface area contributed by atoms with Gasteiger partial charge in [-0.25, -0.2) is 0 Å². The highest BCUT2D eigenvalue weighted by Gasteiger charge is 2.65. The number of esters is 1. The maximum Gasteiger partial charge on any atom is 0.320 e. The van der Waals surface area contributed by atoms with E-state index in [0.717, 1.165) is 5.56 Å². The highest BCUT2D eigenvalue weighted by atomic mass is 31.2. The Kier molecular flexibility index (Phi) is 6.66. The lowest BCUT2D eigenvalue weighted by Crippen LogP contribution is -2.37. The molecular weight excluding hydrogens is 437 g/mol. The number of methoxy groups -OCH3 is 1. The summed E-state index contributed by atoms with van der Waals surface area (Å²) in [4.78, 5) is 25.6. The smallest absolute Gasteiger partial charge is 0.320 e. The number of rotatable bonds is 9. The van der Waals surface area contributed by atoms with Crippen LogP contribution in [0, 0.1) is 0 Å². The molecule has 0 aliphatic heterocycles. The second-order valence-corrected chi connectivity index (χ2v) is 11.1.